The Bertz CT molecular complexity index is 575. The van der Waals surface area contributed by atoms with Gasteiger partial charge < -0.3 is 5.32 Å². The first-order chi connectivity index (χ1) is 8.90. The van der Waals surface area contributed by atoms with E-state index in [4.69, 9.17) is 0 Å². The lowest BCUT2D eigenvalue weighted by Gasteiger charge is -2.09. The van der Waals surface area contributed by atoms with Crippen molar-refractivity contribution in [1.29, 1.82) is 0 Å². The molecule has 1 N–H and O–H groups in total. The van der Waals surface area contributed by atoms with Crippen molar-refractivity contribution in [3.05, 3.63) is 42.0 Å². The highest BCUT2D eigenvalue weighted by atomic mass is 19.4. The second kappa shape index (κ2) is 4.91. The lowest BCUT2D eigenvalue weighted by molar-refractivity contribution is -0.137. The summed E-state index contributed by atoms with van der Waals surface area (Å²) in [6.07, 6.45) is -1.44. The van der Waals surface area contributed by atoms with Crippen LogP contribution in [0.25, 0.3) is 0 Å². The van der Waals surface area contributed by atoms with Crippen molar-refractivity contribution in [3.63, 3.8) is 0 Å². The molecular formula is C12H11F4N3. The molecular weight excluding hydrogens is 262 g/mol. The number of halogens is 4. The summed E-state index contributed by atoms with van der Waals surface area (Å²) >= 11 is 0. The first-order valence-electron chi connectivity index (χ1n) is 5.56. The lowest BCUT2D eigenvalue weighted by atomic mass is 10.2. The highest BCUT2D eigenvalue weighted by molar-refractivity contribution is 5.59. The molecule has 0 aliphatic rings. The highest BCUT2D eigenvalue weighted by Gasteiger charge is 2.31. The maximum absolute atomic E-state index is 13.6. The Hall–Kier alpha value is -2.05. The first-order valence-corrected chi connectivity index (χ1v) is 5.56. The van der Waals surface area contributed by atoms with Crippen molar-refractivity contribution in [1.82, 2.24) is 9.78 Å². The lowest BCUT2D eigenvalue weighted by Crippen LogP contribution is -2.06. The molecule has 0 spiro atoms. The highest BCUT2D eigenvalue weighted by Crippen LogP contribution is 2.31. The van der Waals surface area contributed by atoms with E-state index in [2.05, 4.69) is 10.4 Å². The number of aryl methyl sites for hydroxylation is 1. The zero-order valence-electron chi connectivity index (χ0n) is 10.0. The van der Waals surface area contributed by atoms with Gasteiger partial charge in [-0.3, -0.25) is 4.68 Å². The number of nitrogens with zero attached hydrogens (tertiary/aromatic N) is 2. The van der Waals surface area contributed by atoms with Gasteiger partial charge in [0.15, 0.2) is 0 Å². The summed E-state index contributed by atoms with van der Waals surface area (Å²) in [4.78, 5) is 0. The molecule has 0 unspecified atom stereocenters. The Morgan fingerprint density at radius 3 is 2.58 bits per heavy atom. The van der Waals surface area contributed by atoms with Crippen LogP contribution in [0.15, 0.2) is 30.6 Å². The Morgan fingerprint density at radius 2 is 2.05 bits per heavy atom. The van der Waals surface area contributed by atoms with Gasteiger partial charge in [0.1, 0.15) is 5.82 Å². The van der Waals surface area contributed by atoms with Crippen LogP contribution in [0.3, 0.4) is 0 Å². The topological polar surface area (TPSA) is 29.9 Å². The molecule has 0 aliphatic carbocycles. The Labute approximate surface area is 106 Å². The van der Waals surface area contributed by atoms with Gasteiger partial charge in [0.25, 0.3) is 0 Å². The Kier molecular flexibility index (Phi) is 3.46. The van der Waals surface area contributed by atoms with Crippen LogP contribution in [0.2, 0.25) is 0 Å². The van der Waals surface area contributed by atoms with Gasteiger partial charge in [-0.15, -0.1) is 0 Å². The summed E-state index contributed by atoms with van der Waals surface area (Å²) in [5.41, 5.74) is -0.524. The van der Waals surface area contributed by atoms with Crippen LogP contribution < -0.4 is 5.32 Å². The molecule has 102 valence electrons. The molecule has 2 aromatic rings. The van der Waals surface area contributed by atoms with Crippen molar-refractivity contribution in [2.24, 2.45) is 0 Å². The van der Waals surface area contributed by atoms with Crippen LogP contribution in [-0.2, 0) is 12.7 Å². The van der Waals surface area contributed by atoms with Gasteiger partial charge in [-0.05, 0) is 25.1 Å². The molecule has 1 aromatic carbocycles. The van der Waals surface area contributed by atoms with E-state index in [1.807, 2.05) is 6.92 Å². The standard InChI is InChI=1S/C12H11F4N3/c1-2-19-7-9(6-17-19)18-11-4-3-8(5-10(11)13)12(14,15)16/h3-7,18H,2H2,1H3. The van der Waals surface area contributed by atoms with E-state index >= 15 is 0 Å². The zero-order chi connectivity index (χ0) is 14.0. The van der Waals surface area contributed by atoms with E-state index < -0.39 is 17.6 Å². The van der Waals surface area contributed by atoms with Crippen LogP contribution >= 0.6 is 0 Å². The fourth-order valence-corrected chi connectivity index (χ4v) is 1.55. The SMILES string of the molecule is CCn1cc(Nc2ccc(C(F)(F)F)cc2F)cn1. The molecule has 2 rings (SSSR count). The molecule has 0 amide bonds. The number of hydrogen-bond donors (Lipinski definition) is 1. The average Bonchev–Trinajstić information content (AvgIpc) is 2.78. The van der Waals surface area contributed by atoms with Crippen LogP contribution in [0.4, 0.5) is 28.9 Å². The number of nitrogens with one attached hydrogen (secondary N) is 1. The molecule has 0 radical (unpaired) electrons. The maximum Gasteiger partial charge on any atom is 0.416 e. The second-order valence-electron chi connectivity index (χ2n) is 3.90. The minimum Gasteiger partial charge on any atom is -0.351 e. The summed E-state index contributed by atoms with van der Waals surface area (Å²) < 4.78 is 52.3. The van der Waals surface area contributed by atoms with Crippen molar-refractivity contribution >= 4 is 11.4 Å². The molecule has 0 aliphatic heterocycles. The van der Waals surface area contributed by atoms with Gasteiger partial charge in [0.05, 0.1) is 23.1 Å². The number of alkyl halides is 3. The van der Waals surface area contributed by atoms with Gasteiger partial charge in [-0.2, -0.15) is 18.3 Å². The maximum atomic E-state index is 13.6. The molecule has 0 saturated carbocycles. The number of benzene rings is 1. The average molecular weight is 273 g/mol. The Morgan fingerprint density at radius 1 is 1.32 bits per heavy atom. The van der Waals surface area contributed by atoms with Gasteiger partial charge >= 0.3 is 6.18 Å². The van der Waals surface area contributed by atoms with E-state index in [-0.39, 0.29) is 5.69 Å². The van der Waals surface area contributed by atoms with Crippen molar-refractivity contribution in [3.8, 4) is 0 Å². The van der Waals surface area contributed by atoms with Gasteiger partial charge in [0, 0.05) is 12.7 Å². The number of anilines is 2. The van der Waals surface area contributed by atoms with Gasteiger partial charge in [-0.25, -0.2) is 4.39 Å². The van der Waals surface area contributed by atoms with Crippen molar-refractivity contribution in [2.45, 2.75) is 19.6 Å². The van der Waals surface area contributed by atoms with E-state index in [1.165, 1.54) is 6.20 Å². The first kappa shape index (κ1) is 13.4. The summed E-state index contributed by atoms with van der Waals surface area (Å²) in [5, 5.41) is 6.65. The summed E-state index contributed by atoms with van der Waals surface area (Å²) in [6, 6.07) is 2.35. The van der Waals surface area contributed by atoms with Crippen LogP contribution in [0, 0.1) is 5.82 Å². The smallest absolute Gasteiger partial charge is 0.351 e. The molecule has 19 heavy (non-hydrogen) atoms. The molecule has 3 nitrogen and oxygen atoms in total. The van der Waals surface area contributed by atoms with Gasteiger partial charge in [-0.1, -0.05) is 0 Å². The molecule has 0 saturated heterocycles. The van der Waals surface area contributed by atoms with Crippen LogP contribution in [-0.4, -0.2) is 9.78 Å². The number of hydrogen-bond acceptors (Lipinski definition) is 2. The molecule has 7 heteroatoms. The largest absolute Gasteiger partial charge is 0.416 e. The van der Waals surface area contributed by atoms with Gasteiger partial charge in [0.2, 0.25) is 0 Å². The van der Waals surface area contributed by atoms with E-state index in [0.29, 0.717) is 18.3 Å². The predicted octanol–water partition coefficient (Wildman–Crippen LogP) is 3.80. The summed E-state index contributed by atoms with van der Waals surface area (Å²) in [5.74, 6) is -0.959. The minimum atomic E-state index is -4.55. The fourth-order valence-electron chi connectivity index (χ4n) is 1.55. The van der Waals surface area contributed by atoms with E-state index in [9.17, 15) is 17.6 Å². The molecule has 0 atom stereocenters. The third-order valence-corrected chi connectivity index (χ3v) is 2.53. The fraction of sp³-hybridized carbons (Fsp3) is 0.250. The third-order valence-electron chi connectivity index (χ3n) is 2.53. The van der Waals surface area contributed by atoms with Crippen molar-refractivity contribution in [2.75, 3.05) is 5.32 Å². The second-order valence-corrected chi connectivity index (χ2v) is 3.90. The third kappa shape index (κ3) is 3.04. The number of aromatic nitrogens is 2. The Balaban J connectivity index is 2.22. The summed E-state index contributed by atoms with van der Waals surface area (Å²) in [7, 11) is 0. The van der Waals surface area contributed by atoms with E-state index in [1.54, 1.807) is 10.9 Å². The quantitative estimate of drug-likeness (QED) is 0.862. The van der Waals surface area contributed by atoms with Crippen LogP contribution in [0.5, 0.6) is 0 Å². The minimum absolute atomic E-state index is 0.0244. The normalized spacial score (nSPS) is 11.6. The monoisotopic (exact) mass is 273 g/mol. The molecule has 1 aromatic heterocycles. The molecule has 0 fully saturated rings. The van der Waals surface area contributed by atoms with Crippen molar-refractivity contribution < 1.29 is 17.6 Å². The van der Waals surface area contributed by atoms with E-state index in [0.717, 1.165) is 12.1 Å². The summed E-state index contributed by atoms with van der Waals surface area (Å²) in [6.45, 7) is 2.53. The number of rotatable bonds is 3. The van der Waals surface area contributed by atoms with Crippen LogP contribution in [0.1, 0.15) is 12.5 Å². The zero-order valence-corrected chi connectivity index (χ0v) is 10.0. The predicted molar refractivity (Wildman–Crippen MR) is 62.6 cm³/mol. The molecule has 0 bridgehead atoms. The molecule has 1 heterocycles.